The van der Waals surface area contributed by atoms with Crippen LogP contribution in [0.1, 0.15) is 5.56 Å². The van der Waals surface area contributed by atoms with Gasteiger partial charge in [-0.2, -0.15) is 29.8 Å². The van der Waals surface area contributed by atoms with Crippen LogP contribution >= 0.6 is 0 Å². The summed E-state index contributed by atoms with van der Waals surface area (Å²) in [5.41, 5.74) is 3.93. The van der Waals surface area contributed by atoms with Gasteiger partial charge in [0.25, 0.3) is 0 Å². The summed E-state index contributed by atoms with van der Waals surface area (Å²) >= 11 is 0. The minimum atomic E-state index is 0. The van der Waals surface area contributed by atoms with Crippen molar-refractivity contribution in [2.24, 2.45) is 0 Å². The molecule has 1 radical (unpaired) electrons. The Balaban J connectivity index is -0.000000291. The molecule has 4 heteroatoms. The molecule has 0 N–H and O–H groups in total. The van der Waals surface area contributed by atoms with Crippen molar-refractivity contribution in [1.29, 1.82) is 0 Å². The second-order valence-corrected chi connectivity index (χ2v) is 5.73. The van der Waals surface area contributed by atoms with Crippen LogP contribution in [0.2, 0.25) is 13.1 Å². The predicted octanol–water partition coefficient (Wildman–Crippen LogP) is -0.689. The average molecular weight is 529 g/mol. The zero-order valence-electron chi connectivity index (χ0n) is 13.8. The van der Waals surface area contributed by atoms with Crippen LogP contribution in [0.25, 0.3) is 11.1 Å². The Bertz CT molecular complexity index is 534. The second-order valence-electron chi connectivity index (χ2n) is 4.58. The molecule has 0 heterocycles. The molecule has 3 rings (SSSR count). The third-order valence-corrected chi connectivity index (χ3v) is 2.60. The fourth-order valence-corrected chi connectivity index (χ4v) is 1.67. The number of benzene rings is 1. The van der Waals surface area contributed by atoms with E-state index in [1.54, 1.807) is 0 Å². The number of hydrogen-bond donors (Lipinski definition) is 0. The molecule has 0 aliphatic heterocycles. The van der Waals surface area contributed by atoms with Crippen molar-refractivity contribution in [3.63, 3.8) is 0 Å². The van der Waals surface area contributed by atoms with Crippen LogP contribution in [0.4, 0.5) is 0 Å². The monoisotopic (exact) mass is 529 g/mol. The fraction of sp³-hybridized carbons (Fsp3) is 0.158. The van der Waals surface area contributed by atoms with Gasteiger partial charge < -0.3 is 24.8 Å². The Kier molecular flexibility index (Phi) is 21.4. The predicted molar refractivity (Wildman–Crippen MR) is 93.1 cm³/mol. The number of hydrogen-bond acceptors (Lipinski definition) is 0. The molecule has 3 aromatic carbocycles. The van der Waals surface area contributed by atoms with Crippen LogP contribution in [0.15, 0.2) is 78.9 Å². The first-order valence-corrected chi connectivity index (χ1v) is 9.28. The SMILES string of the molecule is C[SiH]C.C[c-]1cccc1.[Cl-].[Cl-].[Hf+4].c1ccc(-[c-]2cccc2)cc1. The molecular formula is C19H23Cl2HfSi. The van der Waals surface area contributed by atoms with Crippen molar-refractivity contribution in [3.05, 3.63) is 84.4 Å². The van der Waals surface area contributed by atoms with Gasteiger partial charge in [0.15, 0.2) is 0 Å². The van der Waals surface area contributed by atoms with Crippen molar-refractivity contribution < 1.29 is 50.7 Å². The summed E-state index contributed by atoms with van der Waals surface area (Å²) < 4.78 is 0. The minimum absolute atomic E-state index is 0. The van der Waals surface area contributed by atoms with Gasteiger partial charge in [0, 0.05) is 9.52 Å². The van der Waals surface area contributed by atoms with E-state index in [0.717, 1.165) is 9.52 Å². The van der Waals surface area contributed by atoms with Gasteiger partial charge >= 0.3 is 25.8 Å². The molecule has 0 spiro atoms. The zero-order valence-corrected chi connectivity index (χ0v) is 20.1. The summed E-state index contributed by atoms with van der Waals surface area (Å²) in [4.78, 5) is 0. The number of halogens is 2. The van der Waals surface area contributed by atoms with Gasteiger partial charge in [-0.15, -0.1) is 29.8 Å². The normalized spacial score (nSPS) is 7.78. The Labute approximate surface area is 174 Å². The number of aryl methyl sites for hydroxylation is 1. The molecular weight excluding hydrogens is 506 g/mol. The molecule has 0 fully saturated rings. The van der Waals surface area contributed by atoms with Crippen molar-refractivity contribution in [1.82, 2.24) is 0 Å². The van der Waals surface area contributed by atoms with Crippen LogP contribution in [0.3, 0.4) is 0 Å². The summed E-state index contributed by atoms with van der Waals surface area (Å²) in [6.45, 7) is 6.50. The summed E-state index contributed by atoms with van der Waals surface area (Å²) in [6.07, 6.45) is 0. The Morgan fingerprint density at radius 3 is 1.43 bits per heavy atom. The molecule has 23 heavy (non-hydrogen) atoms. The zero-order chi connectivity index (χ0) is 14.6. The van der Waals surface area contributed by atoms with Crippen molar-refractivity contribution in [2.75, 3.05) is 0 Å². The quantitative estimate of drug-likeness (QED) is 0.290. The largest absolute Gasteiger partial charge is 4.00 e. The number of rotatable bonds is 1. The van der Waals surface area contributed by atoms with E-state index in [4.69, 9.17) is 0 Å². The fourth-order valence-electron chi connectivity index (χ4n) is 1.67. The van der Waals surface area contributed by atoms with Crippen molar-refractivity contribution in [3.8, 4) is 11.1 Å². The molecule has 0 saturated heterocycles. The Morgan fingerprint density at radius 2 is 1.09 bits per heavy atom. The standard InChI is InChI=1S/C11H9.C6H7.C2H7Si.2ClH.Hf/c1-2-6-10(7-3-1)11-8-4-5-9-11;1-6-4-2-3-5-6;1-3-2;;;/h1-9H;2-5H,1H3;3H,1-2H3;2*1H;/q2*-1;;;;+4/p-2. The van der Waals surface area contributed by atoms with E-state index < -0.39 is 0 Å². The van der Waals surface area contributed by atoms with Crippen molar-refractivity contribution >= 4 is 9.52 Å². The maximum absolute atomic E-state index is 2.21. The van der Waals surface area contributed by atoms with E-state index in [-0.39, 0.29) is 50.7 Å². The van der Waals surface area contributed by atoms with Gasteiger partial charge in [0.1, 0.15) is 0 Å². The van der Waals surface area contributed by atoms with Gasteiger partial charge in [-0.25, -0.2) is 12.1 Å². The van der Waals surface area contributed by atoms with Gasteiger partial charge in [0.05, 0.1) is 0 Å². The van der Waals surface area contributed by atoms with Gasteiger partial charge in [0.2, 0.25) is 0 Å². The van der Waals surface area contributed by atoms with E-state index in [1.807, 2.05) is 18.2 Å². The molecule has 0 atom stereocenters. The topological polar surface area (TPSA) is 0 Å². The first kappa shape index (κ1) is 27.4. The van der Waals surface area contributed by atoms with Gasteiger partial charge in [-0.1, -0.05) is 43.8 Å². The van der Waals surface area contributed by atoms with E-state index in [1.165, 1.54) is 16.7 Å². The van der Waals surface area contributed by atoms with Gasteiger partial charge in [-0.3, -0.25) is 0 Å². The van der Waals surface area contributed by atoms with Crippen LogP contribution in [0, 0.1) is 6.92 Å². The maximum Gasteiger partial charge on any atom is 4.00 e. The third-order valence-electron chi connectivity index (χ3n) is 2.60. The van der Waals surface area contributed by atoms with Crippen LogP contribution < -0.4 is 24.8 Å². The molecule has 0 bridgehead atoms. The summed E-state index contributed by atoms with van der Waals surface area (Å²) in [7, 11) is 0.750. The van der Waals surface area contributed by atoms with Crippen molar-refractivity contribution in [2.45, 2.75) is 20.0 Å². The van der Waals surface area contributed by atoms with Crippen LogP contribution in [0.5, 0.6) is 0 Å². The molecule has 0 aliphatic rings. The molecule has 0 unspecified atom stereocenters. The molecule has 0 saturated carbocycles. The summed E-state index contributed by atoms with van der Waals surface area (Å²) in [5, 5.41) is 0. The van der Waals surface area contributed by atoms with E-state index >= 15 is 0 Å². The maximum atomic E-state index is 2.21. The van der Waals surface area contributed by atoms with E-state index in [9.17, 15) is 0 Å². The van der Waals surface area contributed by atoms with Gasteiger partial charge in [-0.05, 0) is 0 Å². The first-order chi connectivity index (χ1) is 9.77. The first-order valence-electron chi connectivity index (χ1n) is 6.97. The molecule has 0 aliphatic carbocycles. The second kappa shape index (κ2) is 17.9. The smallest absolute Gasteiger partial charge is 1.00 e. The Hall–Kier alpha value is -0.413. The summed E-state index contributed by atoms with van der Waals surface area (Å²) in [5.74, 6) is 0. The van der Waals surface area contributed by atoms with E-state index in [2.05, 4.69) is 80.7 Å². The molecule has 121 valence electrons. The Morgan fingerprint density at radius 1 is 0.696 bits per heavy atom. The third kappa shape index (κ3) is 12.6. The molecule has 0 aromatic heterocycles. The minimum Gasteiger partial charge on any atom is -1.00 e. The van der Waals surface area contributed by atoms with Crippen LogP contribution in [-0.4, -0.2) is 9.52 Å². The van der Waals surface area contributed by atoms with E-state index in [0.29, 0.717) is 0 Å². The molecule has 0 nitrogen and oxygen atoms in total. The average Bonchev–Trinajstić information content (AvgIpc) is 3.14. The molecule has 3 aromatic rings. The summed E-state index contributed by atoms with van der Waals surface area (Å²) in [6, 6.07) is 27.0. The molecule has 0 amide bonds. The van der Waals surface area contributed by atoms with Crippen LogP contribution in [-0.2, 0) is 25.8 Å².